The zero-order chi connectivity index (χ0) is 23.4. The molecule has 0 aromatic heterocycles. The summed E-state index contributed by atoms with van der Waals surface area (Å²) in [6.07, 6.45) is -0.640. The van der Waals surface area contributed by atoms with Crippen molar-refractivity contribution >= 4 is 23.7 Å². The van der Waals surface area contributed by atoms with E-state index in [2.05, 4.69) is 22.8 Å². The summed E-state index contributed by atoms with van der Waals surface area (Å²) in [7, 11) is 0. The van der Waals surface area contributed by atoms with Crippen LogP contribution in [-0.2, 0) is 9.53 Å². The molecule has 0 radical (unpaired) electrons. The van der Waals surface area contributed by atoms with Gasteiger partial charge in [-0.05, 0) is 34.4 Å². The molecule has 4 rings (SSSR count). The van der Waals surface area contributed by atoms with E-state index in [9.17, 15) is 19.5 Å². The Hall–Kier alpha value is -4.33. The highest BCUT2D eigenvalue weighted by atomic mass is 16.5. The minimum Gasteiger partial charge on any atom is -0.507 e. The minimum absolute atomic E-state index is 0.0222. The van der Waals surface area contributed by atoms with E-state index < -0.39 is 23.7 Å². The summed E-state index contributed by atoms with van der Waals surface area (Å²) in [5.41, 5.74) is 4.50. The first-order valence-corrected chi connectivity index (χ1v) is 10.4. The largest absolute Gasteiger partial charge is 0.507 e. The Morgan fingerprint density at radius 1 is 0.909 bits per heavy atom. The number of carbonyl (C=O) groups is 3. The minimum atomic E-state index is -1.27. The molecule has 0 spiro atoms. The molecule has 168 valence electrons. The van der Waals surface area contributed by atoms with Crippen molar-refractivity contribution in [2.45, 2.75) is 12.3 Å². The molecule has 3 aromatic rings. The number of hydrogen-bond donors (Lipinski definition) is 4. The number of rotatable bonds is 7. The van der Waals surface area contributed by atoms with Crippen LogP contribution in [0.1, 0.15) is 33.8 Å². The van der Waals surface area contributed by atoms with Gasteiger partial charge in [-0.2, -0.15) is 0 Å². The number of benzene rings is 3. The molecule has 0 heterocycles. The third kappa shape index (κ3) is 4.79. The van der Waals surface area contributed by atoms with Crippen LogP contribution in [-0.4, -0.2) is 41.3 Å². The number of nitrogens with one attached hydrogen (secondary N) is 2. The smallest absolute Gasteiger partial charge is 0.407 e. The molecule has 8 heteroatoms. The van der Waals surface area contributed by atoms with Gasteiger partial charge < -0.3 is 25.6 Å². The number of hydrogen-bond acceptors (Lipinski definition) is 5. The van der Waals surface area contributed by atoms with Crippen molar-refractivity contribution < 1.29 is 29.3 Å². The van der Waals surface area contributed by atoms with Gasteiger partial charge in [0.05, 0.1) is 0 Å². The lowest BCUT2D eigenvalue weighted by Crippen LogP contribution is -2.29. The fraction of sp³-hybridized carbons (Fsp3) is 0.160. The van der Waals surface area contributed by atoms with Crippen LogP contribution >= 0.6 is 0 Å². The summed E-state index contributed by atoms with van der Waals surface area (Å²) in [5.74, 6) is -2.17. The van der Waals surface area contributed by atoms with Crippen LogP contribution in [0.15, 0.2) is 66.7 Å². The molecule has 2 amide bonds. The SMILES string of the molecule is O=C(CCNC(=O)OCC1c2ccccc2-c2ccccc21)Nc1ccc(C(=O)O)c(O)c1. The van der Waals surface area contributed by atoms with Gasteiger partial charge in [-0.15, -0.1) is 0 Å². The van der Waals surface area contributed by atoms with E-state index in [1.165, 1.54) is 12.1 Å². The lowest BCUT2D eigenvalue weighted by atomic mass is 9.98. The molecule has 8 nitrogen and oxygen atoms in total. The normalized spacial score (nSPS) is 11.9. The Bertz CT molecular complexity index is 1180. The highest BCUT2D eigenvalue weighted by molar-refractivity contribution is 5.94. The first kappa shape index (κ1) is 21.9. The molecule has 0 atom stereocenters. The molecule has 3 aromatic carbocycles. The number of amides is 2. The van der Waals surface area contributed by atoms with Crippen LogP contribution < -0.4 is 10.6 Å². The van der Waals surface area contributed by atoms with E-state index in [-0.39, 0.29) is 36.7 Å². The fourth-order valence-electron chi connectivity index (χ4n) is 3.94. The van der Waals surface area contributed by atoms with Gasteiger partial charge >= 0.3 is 12.1 Å². The second kappa shape index (κ2) is 9.44. The van der Waals surface area contributed by atoms with Crippen LogP contribution in [0.5, 0.6) is 5.75 Å². The molecule has 0 saturated heterocycles. The van der Waals surface area contributed by atoms with Gasteiger partial charge in [0.2, 0.25) is 5.91 Å². The van der Waals surface area contributed by atoms with Crippen molar-refractivity contribution in [3.63, 3.8) is 0 Å². The molecular formula is C25H22N2O6. The number of ether oxygens (including phenoxy) is 1. The molecule has 0 saturated carbocycles. The fourth-order valence-corrected chi connectivity index (χ4v) is 3.94. The summed E-state index contributed by atoms with van der Waals surface area (Å²) >= 11 is 0. The van der Waals surface area contributed by atoms with Gasteiger partial charge in [0.25, 0.3) is 0 Å². The maximum absolute atomic E-state index is 12.2. The van der Waals surface area contributed by atoms with Crippen molar-refractivity contribution in [1.29, 1.82) is 0 Å². The standard InChI is InChI=1S/C25H22N2O6/c28-22-13-15(9-10-20(22)24(30)31)27-23(29)11-12-26-25(32)33-14-21-18-7-3-1-5-16(18)17-6-2-4-8-19(17)21/h1-10,13,21,28H,11-12,14H2,(H,26,32)(H,27,29)(H,30,31). The molecule has 0 fully saturated rings. The number of carboxylic acid groups (broad SMARTS) is 1. The number of anilines is 1. The van der Waals surface area contributed by atoms with Gasteiger partial charge in [-0.1, -0.05) is 48.5 Å². The molecule has 0 unspecified atom stereocenters. The molecule has 0 aliphatic heterocycles. The zero-order valence-electron chi connectivity index (χ0n) is 17.6. The topological polar surface area (TPSA) is 125 Å². The average molecular weight is 446 g/mol. The van der Waals surface area contributed by atoms with E-state index in [0.29, 0.717) is 0 Å². The summed E-state index contributed by atoms with van der Waals surface area (Å²) in [4.78, 5) is 35.1. The third-order valence-electron chi connectivity index (χ3n) is 5.48. The average Bonchev–Trinajstić information content (AvgIpc) is 3.11. The van der Waals surface area contributed by atoms with Crippen molar-refractivity contribution in [1.82, 2.24) is 5.32 Å². The van der Waals surface area contributed by atoms with Crippen LogP contribution in [0.3, 0.4) is 0 Å². The van der Waals surface area contributed by atoms with Gasteiger partial charge in [0.15, 0.2) is 0 Å². The van der Waals surface area contributed by atoms with Gasteiger partial charge in [-0.3, -0.25) is 4.79 Å². The maximum Gasteiger partial charge on any atom is 0.407 e. The quantitative estimate of drug-likeness (QED) is 0.435. The van der Waals surface area contributed by atoms with Crippen molar-refractivity contribution in [3.05, 3.63) is 83.4 Å². The van der Waals surface area contributed by atoms with Crippen molar-refractivity contribution in [3.8, 4) is 16.9 Å². The maximum atomic E-state index is 12.2. The third-order valence-corrected chi connectivity index (χ3v) is 5.48. The summed E-state index contributed by atoms with van der Waals surface area (Å²) in [5, 5.41) is 23.7. The van der Waals surface area contributed by atoms with Crippen LogP contribution in [0, 0.1) is 0 Å². The molecular weight excluding hydrogens is 424 g/mol. The first-order valence-electron chi connectivity index (χ1n) is 10.4. The Labute approximate surface area is 189 Å². The number of phenols is 1. The predicted molar refractivity (Wildman–Crippen MR) is 121 cm³/mol. The van der Waals surface area contributed by atoms with Gasteiger partial charge in [-0.25, -0.2) is 9.59 Å². The van der Waals surface area contributed by atoms with Gasteiger partial charge in [0.1, 0.15) is 17.9 Å². The summed E-state index contributed by atoms with van der Waals surface area (Å²) in [6, 6.07) is 19.8. The highest BCUT2D eigenvalue weighted by Gasteiger charge is 2.28. The van der Waals surface area contributed by atoms with Crippen molar-refractivity contribution in [2.24, 2.45) is 0 Å². The number of aromatic hydroxyl groups is 1. The number of fused-ring (bicyclic) bond motifs is 3. The van der Waals surface area contributed by atoms with Crippen LogP contribution in [0.4, 0.5) is 10.5 Å². The second-order valence-electron chi connectivity index (χ2n) is 7.59. The highest BCUT2D eigenvalue weighted by Crippen LogP contribution is 2.44. The van der Waals surface area contributed by atoms with E-state index in [0.717, 1.165) is 28.3 Å². The number of carboxylic acids is 1. The molecule has 1 aliphatic carbocycles. The molecule has 0 bridgehead atoms. The van der Waals surface area contributed by atoms with E-state index in [4.69, 9.17) is 9.84 Å². The lowest BCUT2D eigenvalue weighted by Gasteiger charge is -2.14. The Morgan fingerprint density at radius 2 is 1.55 bits per heavy atom. The summed E-state index contributed by atoms with van der Waals surface area (Å²) < 4.78 is 5.42. The first-order chi connectivity index (χ1) is 15.9. The molecule has 33 heavy (non-hydrogen) atoms. The van der Waals surface area contributed by atoms with E-state index in [1.807, 2.05) is 36.4 Å². The van der Waals surface area contributed by atoms with Crippen LogP contribution in [0.2, 0.25) is 0 Å². The Kier molecular flexibility index (Phi) is 6.26. The van der Waals surface area contributed by atoms with E-state index >= 15 is 0 Å². The van der Waals surface area contributed by atoms with Crippen molar-refractivity contribution in [2.75, 3.05) is 18.5 Å². The Balaban J connectivity index is 1.25. The monoisotopic (exact) mass is 446 g/mol. The predicted octanol–water partition coefficient (Wildman–Crippen LogP) is 3.96. The lowest BCUT2D eigenvalue weighted by molar-refractivity contribution is -0.116. The van der Waals surface area contributed by atoms with Gasteiger partial charge in [0, 0.05) is 30.6 Å². The van der Waals surface area contributed by atoms with Crippen LogP contribution in [0.25, 0.3) is 11.1 Å². The van der Waals surface area contributed by atoms with E-state index in [1.54, 1.807) is 0 Å². The molecule has 1 aliphatic rings. The second-order valence-corrected chi connectivity index (χ2v) is 7.59. The number of alkyl carbamates (subject to hydrolysis) is 1. The zero-order valence-corrected chi connectivity index (χ0v) is 17.6. The summed E-state index contributed by atoms with van der Waals surface area (Å²) in [6.45, 7) is 0.239. The Morgan fingerprint density at radius 3 is 2.15 bits per heavy atom. The number of carbonyl (C=O) groups excluding carboxylic acids is 2. The molecule has 4 N–H and O–H groups in total. The number of aromatic carboxylic acids is 1.